The second-order valence-corrected chi connectivity index (χ2v) is 4.85. The molecule has 0 fully saturated rings. The largest absolute Gasteiger partial charge is 0.481 e. The zero-order valence-corrected chi connectivity index (χ0v) is 11.4. The molecule has 0 atom stereocenters. The van der Waals surface area contributed by atoms with Crippen molar-refractivity contribution in [2.75, 3.05) is 23.0 Å². The normalized spacial score (nSPS) is 10.1. The molecule has 0 aliphatic rings. The lowest BCUT2D eigenvalue weighted by molar-refractivity contribution is -0.133. The summed E-state index contributed by atoms with van der Waals surface area (Å²) in [6.07, 6.45) is 0. The van der Waals surface area contributed by atoms with Gasteiger partial charge in [-0.1, -0.05) is 12.1 Å². The number of aryl methyl sites for hydroxylation is 1. The molecule has 0 aliphatic carbocycles. The summed E-state index contributed by atoms with van der Waals surface area (Å²) in [5.41, 5.74) is 1.95. The summed E-state index contributed by atoms with van der Waals surface area (Å²) < 4.78 is 0. The van der Waals surface area contributed by atoms with E-state index >= 15 is 0 Å². The number of carbonyl (C=O) groups is 2. The standard InChI is InChI=1S/C13H17NO3S/c1-3-14(11-6-4-5-10(2)7-11)12(15)8-18-9-13(16)17/h4-7H,3,8-9H2,1-2H3,(H,16,17). The topological polar surface area (TPSA) is 57.6 Å². The highest BCUT2D eigenvalue weighted by Gasteiger charge is 2.14. The van der Waals surface area contributed by atoms with Crippen molar-refractivity contribution < 1.29 is 14.7 Å². The zero-order valence-electron chi connectivity index (χ0n) is 10.5. The van der Waals surface area contributed by atoms with Crippen LogP contribution in [0, 0.1) is 6.92 Å². The first-order valence-corrected chi connectivity index (χ1v) is 6.86. The van der Waals surface area contributed by atoms with Crippen molar-refractivity contribution in [3.8, 4) is 0 Å². The summed E-state index contributed by atoms with van der Waals surface area (Å²) in [7, 11) is 0. The second kappa shape index (κ2) is 7.06. The maximum absolute atomic E-state index is 12.0. The molecule has 5 heteroatoms. The van der Waals surface area contributed by atoms with Crippen LogP contribution >= 0.6 is 11.8 Å². The van der Waals surface area contributed by atoms with Gasteiger partial charge in [0.05, 0.1) is 11.5 Å². The molecule has 0 radical (unpaired) electrons. The van der Waals surface area contributed by atoms with Gasteiger partial charge in [0.15, 0.2) is 0 Å². The fourth-order valence-electron chi connectivity index (χ4n) is 1.60. The lowest BCUT2D eigenvalue weighted by Crippen LogP contribution is -2.32. The van der Waals surface area contributed by atoms with Crippen molar-refractivity contribution in [2.45, 2.75) is 13.8 Å². The highest BCUT2D eigenvalue weighted by Crippen LogP contribution is 2.17. The van der Waals surface area contributed by atoms with Crippen molar-refractivity contribution in [3.05, 3.63) is 29.8 Å². The molecule has 98 valence electrons. The highest BCUT2D eigenvalue weighted by atomic mass is 32.2. The minimum Gasteiger partial charge on any atom is -0.481 e. The van der Waals surface area contributed by atoms with E-state index < -0.39 is 5.97 Å². The van der Waals surface area contributed by atoms with Gasteiger partial charge in [0.1, 0.15) is 0 Å². The molecule has 4 nitrogen and oxygen atoms in total. The lowest BCUT2D eigenvalue weighted by Gasteiger charge is -2.21. The first kappa shape index (κ1) is 14.6. The maximum Gasteiger partial charge on any atom is 0.313 e. The molecule has 0 aromatic heterocycles. The van der Waals surface area contributed by atoms with Gasteiger partial charge < -0.3 is 10.0 Å². The van der Waals surface area contributed by atoms with Crippen LogP contribution in [0.3, 0.4) is 0 Å². The van der Waals surface area contributed by atoms with Gasteiger partial charge in [-0.15, -0.1) is 11.8 Å². The quantitative estimate of drug-likeness (QED) is 0.858. The van der Waals surface area contributed by atoms with E-state index in [1.54, 1.807) is 4.90 Å². The van der Waals surface area contributed by atoms with E-state index in [0.717, 1.165) is 23.0 Å². The van der Waals surface area contributed by atoms with Gasteiger partial charge >= 0.3 is 5.97 Å². The Hall–Kier alpha value is -1.49. The van der Waals surface area contributed by atoms with Crippen LogP contribution in [0.5, 0.6) is 0 Å². The van der Waals surface area contributed by atoms with Crippen LogP contribution in [0.2, 0.25) is 0 Å². The Kier molecular flexibility index (Phi) is 5.71. The molecule has 0 saturated heterocycles. The SMILES string of the molecule is CCN(C(=O)CSCC(=O)O)c1cccc(C)c1. The Balaban J connectivity index is 2.65. The van der Waals surface area contributed by atoms with Crippen LogP contribution in [0.4, 0.5) is 5.69 Å². The van der Waals surface area contributed by atoms with Crippen LogP contribution < -0.4 is 4.90 Å². The number of hydrogen-bond acceptors (Lipinski definition) is 3. The first-order chi connectivity index (χ1) is 8.54. The molecule has 0 aliphatic heterocycles. The van der Waals surface area contributed by atoms with Crippen LogP contribution in [0.1, 0.15) is 12.5 Å². The molecule has 1 N–H and O–H groups in total. The Morgan fingerprint density at radius 2 is 2.06 bits per heavy atom. The average Bonchev–Trinajstić information content (AvgIpc) is 2.29. The van der Waals surface area contributed by atoms with Crippen molar-refractivity contribution in [1.29, 1.82) is 0 Å². The number of carbonyl (C=O) groups excluding carboxylic acids is 1. The van der Waals surface area contributed by atoms with E-state index in [2.05, 4.69) is 0 Å². The van der Waals surface area contributed by atoms with Crippen molar-refractivity contribution in [2.24, 2.45) is 0 Å². The number of hydrogen-bond donors (Lipinski definition) is 1. The van der Waals surface area contributed by atoms with Gasteiger partial charge in [0.2, 0.25) is 5.91 Å². The highest BCUT2D eigenvalue weighted by molar-refractivity contribution is 8.00. The molecule has 0 spiro atoms. The predicted molar refractivity (Wildman–Crippen MR) is 74.2 cm³/mol. The Morgan fingerprint density at radius 1 is 1.33 bits per heavy atom. The number of benzene rings is 1. The van der Waals surface area contributed by atoms with E-state index in [1.165, 1.54) is 0 Å². The number of thioether (sulfide) groups is 1. The summed E-state index contributed by atoms with van der Waals surface area (Å²) in [5.74, 6) is -0.814. The van der Waals surface area contributed by atoms with Crippen LogP contribution in [-0.2, 0) is 9.59 Å². The van der Waals surface area contributed by atoms with Gasteiger partial charge in [-0.05, 0) is 31.5 Å². The molecule has 1 aromatic carbocycles. The smallest absolute Gasteiger partial charge is 0.313 e. The van der Waals surface area contributed by atoms with Gasteiger partial charge in [-0.3, -0.25) is 9.59 Å². The van der Waals surface area contributed by atoms with Gasteiger partial charge in [-0.2, -0.15) is 0 Å². The number of rotatable bonds is 6. The molecular weight excluding hydrogens is 250 g/mol. The molecule has 1 rings (SSSR count). The maximum atomic E-state index is 12.0. The zero-order chi connectivity index (χ0) is 13.5. The number of carboxylic acid groups (broad SMARTS) is 1. The average molecular weight is 267 g/mol. The third-order valence-electron chi connectivity index (χ3n) is 2.38. The van der Waals surface area contributed by atoms with E-state index in [9.17, 15) is 9.59 Å². The molecule has 0 heterocycles. The van der Waals surface area contributed by atoms with Crippen molar-refractivity contribution in [3.63, 3.8) is 0 Å². The van der Waals surface area contributed by atoms with Crippen LogP contribution in [0.15, 0.2) is 24.3 Å². The lowest BCUT2D eigenvalue weighted by atomic mass is 10.2. The fraction of sp³-hybridized carbons (Fsp3) is 0.385. The first-order valence-electron chi connectivity index (χ1n) is 5.71. The van der Waals surface area contributed by atoms with Crippen LogP contribution in [-0.4, -0.2) is 35.0 Å². The predicted octanol–water partition coefficient (Wildman–Crippen LogP) is 2.17. The van der Waals surface area contributed by atoms with Crippen molar-refractivity contribution in [1.82, 2.24) is 0 Å². The Bertz CT molecular complexity index is 434. The fourth-order valence-corrected chi connectivity index (χ4v) is 2.21. The number of nitrogens with zero attached hydrogens (tertiary/aromatic N) is 1. The van der Waals surface area contributed by atoms with Gasteiger partial charge in [0.25, 0.3) is 0 Å². The monoisotopic (exact) mass is 267 g/mol. The summed E-state index contributed by atoms with van der Waals surface area (Å²) >= 11 is 1.12. The third-order valence-corrected chi connectivity index (χ3v) is 3.28. The summed E-state index contributed by atoms with van der Waals surface area (Å²) in [6.45, 7) is 4.46. The number of amides is 1. The Labute approximate surface area is 111 Å². The summed E-state index contributed by atoms with van der Waals surface area (Å²) in [6, 6.07) is 7.71. The number of aliphatic carboxylic acids is 1. The molecular formula is C13H17NO3S. The Morgan fingerprint density at radius 3 is 2.61 bits per heavy atom. The molecule has 1 amide bonds. The summed E-state index contributed by atoms with van der Waals surface area (Å²) in [4.78, 5) is 24.0. The van der Waals surface area contributed by atoms with E-state index in [1.807, 2.05) is 38.1 Å². The molecule has 0 saturated carbocycles. The van der Waals surface area contributed by atoms with E-state index in [-0.39, 0.29) is 17.4 Å². The van der Waals surface area contributed by atoms with Crippen molar-refractivity contribution >= 4 is 29.3 Å². The minimum absolute atomic E-state index is 0.0445. The molecule has 18 heavy (non-hydrogen) atoms. The molecule has 1 aromatic rings. The third kappa shape index (κ3) is 4.41. The van der Waals surface area contributed by atoms with E-state index in [4.69, 9.17) is 5.11 Å². The number of carboxylic acids is 1. The van der Waals surface area contributed by atoms with E-state index in [0.29, 0.717) is 6.54 Å². The van der Waals surface area contributed by atoms with Gasteiger partial charge in [0, 0.05) is 12.2 Å². The van der Waals surface area contributed by atoms with Crippen LogP contribution in [0.25, 0.3) is 0 Å². The number of anilines is 1. The molecule has 0 unspecified atom stereocenters. The van der Waals surface area contributed by atoms with Gasteiger partial charge in [-0.25, -0.2) is 0 Å². The minimum atomic E-state index is -0.897. The molecule has 0 bridgehead atoms. The second-order valence-electron chi connectivity index (χ2n) is 3.86. The summed E-state index contributed by atoms with van der Waals surface area (Å²) in [5, 5.41) is 8.53.